The first-order valence-corrected chi connectivity index (χ1v) is 11.8. The van der Waals surface area contributed by atoms with Crippen LogP contribution in [0, 0.1) is 6.92 Å². The van der Waals surface area contributed by atoms with Crippen LogP contribution in [0.25, 0.3) is 0 Å². The second kappa shape index (κ2) is 11.6. The molecule has 180 valence electrons. The predicted molar refractivity (Wildman–Crippen MR) is 135 cm³/mol. The van der Waals surface area contributed by atoms with Crippen LogP contribution in [0.2, 0.25) is 0 Å². The molecule has 0 fully saturated rings. The monoisotopic (exact) mass is 502 g/mol. The summed E-state index contributed by atoms with van der Waals surface area (Å²) in [4.78, 5) is 25.2. The van der Waals surface area contributed by atoms with E-state index in [1.807, 2.05) is 30.5 Å². The number of methoxy groups -OCH3 is 1. The minimum atomic E-state index is -0.539. The third kappa shape index (κ3) is 6.12. The maximum Gasteiger partial charge on any atom is 0.348 e. The third-order valence-corrected chi connectivity index (χ3v) is 6.08. The zero-order valence-corrected chi connectivity index (χ0v) is 21.0. The van der Waals surface area contributed by atoms with Crippen LogP contribution in [0.4, 0.5) is 10.7 Å². The molecule has 2 N–H and O–H groups in total. The highest BCUT2D eigenvalue weighted by Crippen LogP contribution is 2.34. The van der Waals surface area contributed by atoms with Crippen molar-refractivity contribution < 1.29 is 23.8 Å². The highest BCUT2D eigenvalue weighted by atomic mass is 32.1. The number of nitrogens with one attached hydrogen (secondary N) is 2. The minimum absolute atomic E-state index is 0.206. The number of carbonyl (C=O) groups excluding carboxylic acids is 2. The molecule has 3 rings (SSSR count). The summed E-state index contributed by atoms with van der Waals surface area (Å²) < 4.78 is 17.3. The highest BCUT2D eigenvalue weighted by Gasteiger charge is 2.26. The summed E-state index contributed by atoms with van der Waals surface area (Å²) >= 11 is 6.52. The SMILES string of the molecule is CCOC(=O)c1sc(NC(=S)Nc2cnn(Cc3cccc(OC)c3)c2)c(C(=O)OCC)c1C. The lowest BCUT2D eigenvalue weighted by molar-refractivity contribution is 0.0527. The van der Waals surface area contributed by atoms with Crippen LogP contribution < -0.4 is 15.4 Å². The Labute approximate surface area is 207 Å². The van der Waals surface area contributed by atoms with Crippen LogP contribution in [0.15, 0.2) is 36.7 Å². The quantitative estimate of drug-likeness (QED) is 0.324. The molecule has 34 heavy (non-hydrogen) atoms. The van der Waals surface area contributed by atoms with Gasteiger partial charge in [-0.3, -0.25) is 4.68 Å². The topological polar surface area (TPSA) is 104 Å². The number of hydrogen-bond acceptors (Lipinski definition) is 8. The lowest BCUT2D eigenvalue weighted by atomic mass is 10.1. The van der Waals surface area contributed by atoms with Gasteiger partial charge < -0.3 is 24.8 Å². The lowest BCUT2D eigenvalue weighted by Gasteiger charge is -2.10. The number of thiocarbonyl (C=S) groups is 1. The zero-order chi connectivity index (χ0) is 24.7. The number of nitrogens with zero attached hydrogens (tertiary/aromatic N) is 2. The van der Waals surface area contributed by atoms with Gasteiger partial charge >= 0.3 is 11.9 Å². The number of esters is 2. The molecule has 0 atom stereocenters. The van der Waals surface area contributed by atoms with Crippen molar-refractivity contribution in [3.8, 4) is 5.75 Å². The van der Waals surface area contributed by atoms with Crippen molar-refractivity contribution in [3.05, 3.63) is 58.2 Å². The van der Waals surface area contributed by atoms with E-state index in [9.17, 15) is 9.59 Å². The molecular weight excluding hydrogens is 476 g/mol. The van der Waals surface area contributed by atoms with Crippen molar-refractivity contribution in [1.82, 2.24) is 9.78 Å². The summed E-state index contributed by atoms with van der Waals surface area (Å²) in [5, 5.41) is 11.1. The van der Waals surface area contributed by atoms with Crippen molar-refractivity contribution in [2.75, 3.05) is 31.0 Å². The Balaban J connectivity index is 1.73. The summed E-state index contributed by atoms with van der Waals surface area (Å²) in [6.45, 7) is 6.11. The molecule has 11 heteroatoms. The lowest BCUT2D eigenvalue weighted by Crippen LogP contribution is -2.20. The van der Waals surface area contributed by atoms with E-state index in [1.165, 1.54) is 0 Å². The molecule has 0 aliphatic carbocycles. The summed E-state index contributed by atoms with van der Waals surface area (Å²) in [6, 6.07) is 7.73. The molecule has 0 spiro atoms. The highest BCUT2D eigenvalue weighted by molar-refractivity contribution is 7.80. The van der Waals surface area contributed by atoms with E-state index in [1.54, 1.807) is 38.8 Å². The van der Waals surface area contributed by atoms with Gasteiger partial charge in [-0.05, 0) is 56.2 Å². The van der Waals surface area contributed by atoms with E-state index in [0.29, 0.717) is 27.7 Å². The first-order valence-electron chi connectivity index (χ1n) is 10.6. The van der Waals surface area contributed by atoms with E-state index in [2.05, 4.69) is 15.7 Å². The molecule has 0 saturated heterocycles. The van der Waals surface area contributed by atoms with Gasteiger partial charge in [0.25, 0.3) is 0 Å². The average Bonchev–Trinajstić information content (AvgIpc) is 3.37. The number of carbonyl (C=O) groups is 2. The first-order chi connectivity index (χ1) is 16.4. The van der Waals surface area contributed by atoms with Gasteiger partial charge in [0.05, 0.1) is 44.3 Å². The normalized spacial score (nSPS) is 10.5. The molecule has 0 amide bonds. The van der Waals surface area contributed by atoms with E-state index < -0.39 is 11.9 Å². The number of ether oxygens (including phenoxy) is 3. The van der Waals surface area contributed by atoms with Crippen LogP contribution >= 0.6 is 23.6 Å². The molecule has 2 heterocycles. The molecule has 9 nitrogen and oxygen atoms in total. The fourth-order valence-corrected chi connectivity index (χ4v) is 4.56. The van der Waals surface area contributed by atoms with Gasteiger partial charge in [0.1, 0.15) is 15.6 Å². The van der Waals surface area contributed by atoms with Gasteiger partial charge in [-0.2, -0.15) is 5.10 Å². The van der Waals surface area contributed by atoms with Crippen LogP contribution in [0.3, 0.4) is 0 Å². The van der Waals surface area contributed by atoms with Crippen molar-refractivity contribution in [1.29, 1.82) is 0 Å². The number of aromatic nitrogens is 2. The smallest absolute Gasteiger partial charge is 0.348 e. The van der Waals surface area contributed by atoms with Gasteiger partial charge in [0.15, 0.2) is 5.11 Å². The Morgan fingerprint density at radius 2 is 1.88 bits per heavy atom. The molecule has 0 aliphatic rings. The Kier molecular flexibility index (Phi) is 8.61. The van der Waals surface area contributed by atoms with E-state index >= 15 is 0 Å². The second-order valence-electron chi connectivity index (χ2n) is 7.06. The first kappa shape index (κ1) is 25.2. The number of benzene rings is 1. The summed E-state index contributed by atoms with van der Waals surface area (Å²) in [6.07, 6.45) is 3.45. The number of anilines is 2. The summed E-state index contributed by atoms with van der Waals surface area (Å²) in [5.41, 5.74) is 2.44. The molecule has 3 aromatic rings. The van der Waals surface area contributed by atoms with Crippen molar-refractivity contribution in [3.63, 3.8) is 0 Å². The van der Waals surface area contributed by atoms with E-state index in [4.69, 9.17) is 26.4 Å². The van der Waals surface area contributed by atoms with Gasteiger partial charge in [0, 0.05) is 6.20 Å². The maximum absolute atomic E-state index is 12.5. The van der Waals surface area contributed by atoms with Crippen molar-refractivity contribution >= 4 is 51.3 Å². The Morgan fingerprint density at radius 1 is 1.15 bits per heavy atom. The standard InChI is InChI=1S/C23H26N4O5S2/c1-5-31-21(28)18-14(3)19(22(29)32-6-2)34-20(18)26-23(33)25-16-11-24-27(13-16)12-15-8-7-9-17(10-15)30-4/h7-11,13H,5-6,12H2,1-4H3,(H2,25,26,33). The summed E-state index contributed by atoms with van der Waals surface area (Å²) in [7, 11) is 1.63. The van der Waals surface area contributed by atoms with Crippen LogP contribution in [0.5, 0.6) is 5.75 Å². The van der Waals surface area contributed by atoms with Crippen molar-refractivity contribution in [2.45, 2.75) is 27.3 Å². The van der Waals surface area contributed by atoms with Crippen LogP contribution in [-0.2, 0) is 16.0 Å². The average molecular weight is 503 g/mol. The van der Waals surface area contributed by atoms with Crippen molar-refractivity contribution in [2.24, 2.45) is 0 Å². The molecule has 0 aliphatic heterocycles. The fourth-order valence-electron chi connectivity index (χ4n) is 3.18. The van der Waals surface area contributed by atoms with Gasteiger partial charge in [-0.15, -0.1) is 11.3 Å². The second-order valence-corrected chi connectivity index (χ2v) is 8.49. The van der Waals surface area contributed by atoms with E-state index in [-0.39, 0.29) is 23.9 Å². The number of hydrogen-bond donors (Lipinski definition) is 2. The molecule has 0 saturated carbocycles. The predicted octanol–water partition coefficient (Wildman–Crippen LogP) is 4.47. The summed E-state index contributed by atoms with van der Waals surface area (Å²) in [5.74, 6) is -0.260. The molecule has 0 bridgehead atoms. The maximum atomic E-state index is 12.5. The van der Waals surface area contributed by atoms with Gasteiger partial charge in [-0.1, -0.05) is 12.1 Å². The van der Waals surface area contributed by atoms with Crippen LogP contribution in [0.1, 0.15) is 45.0 Å². The molecule has 1 aromatic carbocycles. The molecule has 2 aromatic heterocycles. The van der Waals surface area contributed by atoms with Crippen LogP contribution in [-0.4, -0.2) is 47.2 Å². The minimum Gasteiger partial charge on any atom is -0.497 e. The number of thiophene rings is 1. The Hall–Kier alpha value is -3.44. The molecule has 0 unspecified atom stereocenters. The van der Waals surface area contributed by atoms with Gasteiger partial charge in [-0.25, -0.2) is 9.59 Å². The zero-order valence-electron chi connectivity index (χ0n) is 19.3. The fraction of sp³-hybridized carbons (Fsp3) is 0.304. The Morgan fingerprint density at radius 3 is 2.59 bits per heavy atom. The Bertz CT molecular complexity index is 1190. The largest absolute Gasteiger partial charge is 0.497 e. The number of rotatable bonds is 9. The van der Waals surface area contributed by atoms with Gasteiger partial charge in [0.2, 0.25) is 0 Å². The molecule has 0 radical (unpaired) electrons. The van der Waals surface area contributed by atoms with E-state index in [0.717, 1.165) is 22.6 Å². The third-order valence-electron chi connectivity index (χ3n) is 4.68. The molecular formula is C23H26N4O5S2.